The molecule has 0 aromatic carbocycles. The van der Waals surface area contributed by atoms with Crippen LogP contribution in [0.5, 0.6) is 0 Å². The fourth-order valence-corrected chi connectivity index (χ4v) is 8.85. The van der Waals surface area contributed by atoms with E-state index >= 15 is 0 Å². The number of nitrogens with two attached hydrogens (primary N) is 3. The summed E-state index contributed by atoms with van der Waals surface area (Å²) in [6.45, 7) is 3.10. The molecule has 4 saturated heterocycles. The molecule has 4 heterocycles. The lowest BCUT2D eigenvalue weighted by atomic mass is 10.0. The summed E-state index contributed by atoms with van der Waals surface area (Å²) >= 11 is 3.80. The van der Waals surface area contributed by atoms with Crippen LogP contribution in [0.2, 0.25) is 0 Å². The van der Waals surface area contributed by atoms with Crippen molar-refractivity contribution in [2.24, 2.45) is 17.2 Å². The Morgan fingerprint density at radius 2 is 1.13 bits per heavy atom. The second kappa shape index (κ2) is 23.4. The van der Waals surface area contributed by atoms with Gasteiger partial charge in [0.15, 0.2) is 0 Å². The van der Waals surface area contributed by atoms with Crippen molar-refractivity contribution in [3.05, 3.63) is 0 Å². The number of carbonyl (C=O) groups is 4. The van der Waals surface area contributed by atoms with Crippen molar-refractivity contribution in [2.75, 3.05) is 37.7 Å². The summed E-state index contributed by atoms with van der Waals surface area (Å²) in [6.07, 6.45) is 13.1. The Morgan fingerprint density at radius 1 is 0.667 bits per heavy atom. The summed E-state index contributed by atoms with van der Waals surface area (Å²) in [7, 11) is 0. The van der Waals surface area contributed by atoms with E-state index in [1.807, 2.05) is 23.5 Å². The van der Waals surface area contributed by atoms with E-state index in [0.717, 1.165) is 108 Å². The molecule has 0 aliphatic carbocycles. The second-order valence-electron chi connectivity index (χ2n) is 12.0. The molecule has 4 aliphatic rings. The van der Waals surface area contributed by atoms with Crippen LogP contribution in [0.15, 0.2) is 0 Å². The summed E-state index contributed by atoms with van der Waals surface area (Å²) < 4.78 is 0. The number of nitrogens with one attached hydrogen (secondary N) is 5. The number of unbranched alkanes of at least 4 members (excludes halogenated alkanes) is 6. The highest BCUT2D eigenvalue weighted by molar-refractivity contribution is 8.00. The molecule has 4 rings (SSSR count). The number of carboxylic acids is 1. The molecule has 15 heteroatoms. The lowest BCUT2D eigenvalue weighted by Gasteiger charge is -2.16. The molecule has 0 radical (unpaired) electrons. The molecule has 4 aliphatic heterocycles. The first-order valence-electron chi connectivity index (χ1n) is 16.7. The molecular weight excluding hydrogens is 617 g/mol. The van der Waals surface area contributed by atoms with Crippen molar-refractivity contribution in [2.45, 2.75) is 125 Å². The summed E-state index contributed by atoms with van der Waals surface area (Å²) in [5.74, 6) is 1.39. The fourth-order valence-electron chi connectivity index (χ4n) is 5.77. The van der Waals surface area contributed by atoms with Gasteiger partial charge in [-0.2, -0.15) is 23.5 Å². The molecule has 4 fully saturated rings. The van der Waals surface area contributed by atoms with Crippen molar-refractivity contribution in [1.82, 2.24) is 26.6 Å². The molecule has 6 atom stereocenters. The molecule has 0 bridgehead atoms. The Kier molecular flexibility index (Phi) is 20.4. The second-order valence-corrected chi connectivity index (χ2v) is 14.5. The van der Waals surface area contributed by atoms with Gasteiger partial charge in [0.2, 0.25) is 5.91 Å². The highest BCUT2D eigenvalue weighted by Gasteiger charge is 2.43. The van der Waals surface area contributed by atoms with Gasteiger partial charge < -0.3 is 48.9 Å². The number of fused-ring (bicyclic) bond motifs is 2. The zero-order valence-electron chi connectivity index (χ0n) is 26.7. The van der Waals surface area contributed by atoms with Crippen LogP contribution in [-0.2, 0) is 9.59 Å². The van der Waals surface area contributed by atoms with Gasteiger partial charge in [-0.25, -0.2) is 9.59 Å². The lowest BCUT2D eigenvalue weighted by Crippen LogP contribution is -2.36. The third-order valence-corrected chi connectivity index (χ3v) is 11.3. The first-order chi connectivity index (χ1) is 21.8. The highest BCUT2D eigenvalue weighted by Crippen LogP contribution is 2.34. The Bertz CT molecular complexity index is 885. The average molecular weight is 675 g/mol. The third-order valence-electron chi connectivity index (χ3n) is 8.26. The zero-order valence-corrected chi connectivity index (χ0v) is 28.4. The van der Waals surface area contributed by atoms with E-state index in [1.165, 1.54) is 6.42 Å². The summed E-state index contributed by atoms with van der Waals surface area (Å²) in [4.78, 5) is 44.4. The number of amides is 5. The van der Waals surface area contributed by atoms with Crippen LogP contribution >= 0.6 is 23.5 Å². The molecule has 0 saturated carbocycles. The number of hydrogen-bond acceptors (Lipinski definition) is 9. The normalized spacial score (nSPS) is 25.8. The standard InChI is InChI=1S/C15H28N4O2S.C10H16N2O3S.C5H14N2/c16-8-4-1-5-9-17-13(20)7-3-2-6-12-14-11(10-22-12)18-15(21)19-14;13-8(14)4-2-1-3-7-9-6(5-16-7)11-10(15)12-9;6-4-2-1-3-5-7/h11-12,14H,1-10,16H2,(H,17,20)(H2,18,19,21);6-7,9H,1-5H2,(H,13,14)(H2,11,12,15);1-7H2/t11-,12-,14-;6-,7-,9-;/m00./s1. The van der Waals surface area contributed by atoms with Gasteiger partial charge in [0.05, 0.1) is 24.2 Å². The summed E-state index contributed by atoms with van der Waals surface area (Å²) in [6, 6.07) is 0.970. The van der Waals surface area contributed by atoms with E-state index in [4.69, 9.17) is 22.3 Å². The van der Waals surface area contributed by atoms with Crippen LogP contribution in [-0.4, -0.2) is 101 Å². The monoisotopic (exact) mass is 674 g/mol. The quantitative estimate of drug-likeness (QED) is 0.0713. The minimum Gasteiger partial charge on any atom is -0.481 e. The number of carboxylic acid groups (broad SMARTS) is 1. The Balaban J connectivity index is 0.000000267. The highest BCUT2D eigenvalue weighted by atomic mass is 32.2. The van der Waals surface area contributed by atoms with Gasteiger partial charge in [-0.05, 0) is 71.0 Å². The first-order valence-corrected chi connectivity index (χ1v) is 18.8. The van der Waals surface area contributed by atoms with Gasteiger partial charge in [-0.1, -0.05) is 25.7 Å². The molecule has 13 nitrogen and oxygen atoms in total. The van der Waals surface area contributed by atoms with Gasteiger partial charge >= 0.3 is 18.0 Å². The van der Waals surface area contributed by atoms with Gasteiger partial charge in [0.25, 0.3) is 0 Å². The average Bonchev–Trinajstić information content (AvgIpc) is 3.76. The van der Waals surface area contributed by atoms with Gasteiger partial charge in [0, 0.05) is 41.4 Å². The Hall–Kier alpha value is -1.94. The van der Waals surface area contributed by atoms with Crippen LogP contribution in [0.4, 0.5) is 9.59 Å². The van der Waals surface area contributed by atoms with Crippen LogP contribution in [0.3, 0.4) is 0 Å². The largest absolute Gasteiger partial charge is 0.481 e. The van der Waals surface area contributed by atoms with Crippen LogP contribution in [0.25, 0.3) is 0 Å². The summed E-state index contributed by atoms with van der Waals surface area (Å²) in [5.41, 5.74) is 15.9. The minimum atomic E-state index is -0.729. The number of urea groups is 2. The summed E-state index contributed by atoms with van der Waals surface area (Å²) in [5, 5.41) is 24.2. The fraction of sp³-hybridized carbons (Fsp3) is 0.867. The van der Waals surface area contributed by atoms with Gasteiger partial charge in [-0.3, -0.25) is 9.59 Å². The van der Waals surface area contributed by atoms with E-state index in [9.17, 15) is 19.2 Å². The van der Waals surface area contributed by atoms with Crippen molar-refractivity contribution in [3.8, 4) is 0 Å². The molecule has 0 spiro atoms. The van der Waals surface area contributed by atoms with Crippen molar-refractivity contribution >= 4 is 47.5 Å². The maximum Gasteiger partial charge on any atom is 0.315 e. The van der Waals surface area contributed by atoms with E-state index in [2.05, 4.69) is 26.6 Å². The van der Waals surface area contributed by atoms with Crippen LogP contribution in [0.1, 0.15) is 89.9 Å². The van der Waals surface area contributed by atoms with E-state index in [0.29, 0.717) is 23.0 Å². The molecule has 12 N–H and O–H groups in total. The SMILES string of the molecule is NCCCCCN.NCCCCCNC(=O)CCCC[C@@H]1SC[C@@H]2NC(=O)N[C@@H]21.O=C(O)CCCC[C@@H]1SC[C@@H]2NC(=O)N[C@@H]21. The van der Waals surface area contributed by atoms with Crippen LogP contribution in [0, 0.1) is 0 Å². The maximum atomic E-state index is 11.7. The molecule has 45 heavy (non-hydrogen) atoms. The smallest absolute Gasteiger partial charge is 0.315 e. The third kappa shape index (κ3) is 15.9. The van der Waals surface area contributed by atoms with E-state index < -0.39 is 5.97 Å². The number of carbonyl (C=O) groups excluding carboxylic acids is 3. The number of thioether (sulfide) groups is 2. The topological polar surface area (TPSA) is 227 Å². The number of hydrogen-bond donors (Lipinski definition) is 9. The maximum absolute atomic E-state index is 11.7. The molecule has 5 amide bonds. The van der Waals surface area contributed by atoms with Crippen LogP contribution < -0.4 is 43.8 Å². The molecule has 260 valence electrons. The van der Waals surface area contributed by atoms with Gasteiger partial charge in [0.1, 0.15) is 0 Å². The Labute approximate surface area is 277 Å². The Morgan fingerprint density at radius 3 is 1.60 bits per heavy atom. The first kappa shape index (κ1) is 39.2. The van der Waals surface area contributed by atoms with E-state index in [-0.39, 0.29) is 42.5 Å². The molecule has 0 aromatic rings. The predicted molar refractivity (Wildman–Crippen MR) is 183 cm³/mol. The number of rotatable bonds is 19. The van der Waals surface area contributed by atoms with Crippen molar-refractivity contribution in [3.63, 3.8) is 0 Å². The molecular formula is C30H58N8O5S2. The zero-order chi connectivity index (χ0) is 32.9. The van der Waals surface area contributed by atoms with Crippen molar-refractivity contribution in [1.29, 1.82) is 0 Å². The van der Waals surface area contributed by atoms with Gasteiger partial charge in [-0.15, -0.1) is 0 Å². The predicted octanol–water partition coefficient (Wildman–Crippen LogP) is 1.83. The van der Waals surface area contributed by atoms with Crippen molar-refractivity contribution < 1.29 is 24.3 Å². The lowest BCUT2D eigenvalue weighted by molar-refractivity contribution is -0.137. The van der Waals surface area contributed by atoms with E-state index in [1.54, 1.807) is 0 Å². The number of aliphatic carboxylic acids is 1. The minimum absolute atomic E-state index is 0.0330. The molecule has 0 aromatic heterocycles. The molecule has 0 unspecified atom stereocenters.